The van der Waals surface area contributed by atoms with E-state index in [4.69, 9.17) is 9.72 Å². The van der Waals surface area contributed by atoms with Gasteiger partial charge in [0.1, 0.15) is 11.9 Å². The minimum absolute atomic E-state index is 0.0765. The maximum atomic E-state index is 12.2. The molecule has 0 bridgehead atoms. The van der Waals surface area contributed by atoms with Crippen LogP contribution >= 0.6 is 0 Å². The summed E-state index contributed by atoms with van der Waals surface area (Å²) in [5.41, 5.74) is 3.63. The van der Waals surface area contributed by atoms with Crippen LogP contribution in [0.4, 0.5) is 11.6 Å². The number of fused-ring (bicyclic) bond motifs is 1. The van der Waals surface area contributed by atoms with Crippen LogP contribution in [0.15, 0.2) is 42.6 Å². The van der Waals surface area contributed by atoms with E-state index in [2.05, 4.69) is 46.5 Å². The summed E-state index contributed by atoms with van der Waals surface area (Å²) in [6.45, 7) is 10.6. The number of aromatic nitrogens is 2. The van der Waals surface area contributed by atoms with Crippen molar-refractivity contribution in [1.29, 1.82) is 0 Å². The van der Waals surface area contributed by atoms with Gasteiger partial charge in [-0.25, -0.2) is 9.97 Å². The Morgan fingerprint density at radius 2 is 1.75 bits per heavy atom. The Hall–Kier alpha value is -3.19. The number of benzene rings is 2. The predicted octanol–water partition coefficient (Wildman–Crippen LogP) is 5.64. The molecule has 190 valence electrons. The Morgan fingerprint density at radius 3 is 2.39 bits per heavy atom. The van der Waals surface area contributed by atoms with E-state index in [1.807, 2.05) is 32.2 Å². The second kappa shape index (κ2) is 10.4. The first-order valence-electron chi connectivity index (χ1n) is 13.2. The molecule has 0 radical (unpaired) electrons. The molecule has 0 unspecified atom stereocenters. The molecule has 3 aromatic rings. The third kappa shape index (κ3) is 5.78. The summed E-state index contributed by atoms with van der Waals surface area (Å²) in [5, 5.41) is 7.21. The van der Waals surface area contributed by atoms with E-state index >= 15 is 0 Å². The number of hydrogen-bond donors (Lipinski definition) is 2. The molecule has 2 fully saturated rings. The molecule has 2 heterocycles. The van der Waals surface area contributed by atoms with Gasteiger partial charge in [-0.05, 0) is 95.2 Å². The molecule has 1 aliphatic carbocycles. The van der Waals surface area contributed by atoms with Gasteiger partial charge in [0.15, 0.2) is 0 Å². The SMILES string of the molecule is CC(C)NC(=O)c1ccc(Nc2ncc3cc(C4CC4)c(OC4CCN(C(C)C)CC4)cc3n2)cc1. The maximum Gasteiger partial charge on any atom is 0.251 e. The van der Waals surface area contributed by atoms with Crippen molar-refractivity contribution in [2.24, 2.45) is 0 Å². The van der Waals surface area contributed by atoms with Crippen LogP contribution in [-0.4, -0.2) is 52.1 Å². The summed E-state index contributed by atoms with van der Waals surface area (Å²) in [6, 6.07) is 12.4. The standard InChI is InChI=1S/C29H37N5O2/c1-18(2)31-28(35)21-7-9-23(10-8-21)32-29-30-17-22-15-25(20-5-6-20)27(16-26(22)33-29)36-24-11-13-34(14-12-24)19(3)4/h7-10,15-20,24H,5-6,11-14H2,1-4H3,(H,31,35)(H,30,32,33). The van der Waals surface area contributed by atoms with Crippen LogP contribution in [0.3, 0.4) is 0 Å². The highest BCUT2D eigenvalue weighted by molar-refractivity contribution is 5.94. The summed E-state index contributed by atoms with van der Waals surface area (Å²) in [5.74, 6) is 2.02. The minimum Gasteiger partial charge on any atom is -0.490 e. The van der Waals surface area contributed by atoms with Crippen LogP contribution in [0.1, 0.15) is 75.2 Å². The zero-order valence-corrected chi connectivity index (χ0v) is 21.8. The summed E-state index contributed by atoms with van der Waals surface area (Å²) >= 11 is 0. The zero-order valence-electron chi connectivity index (χ0n) is 21.8. The van der Waals surface area contributed by atoms with Crippen LogP contribution < -0.4 is 15.4 Å². The highest BCUT2D eigenvalue weighted by Crippen LogP contribution is 2.46. The second-order valence-electron chi connectivity index (χ2n) is 10.7. The van der Waals surface area contributed by atoms with E-state index in [-0.39, 0.29) is 18.1 Å². The van der Waals surface area contributed by atoms with E-state index < -0.39 is 0 Å². The fourth-order valence-corrected chi connectivity index (χ4v) is 4.82. The normalized spacial score (nSPS) is 17.1. The Balaban J connectivity index is 1.32. The van der Waals surface area contributed by atoms with E-state index in [1.165, 1.54) is 18.4 Å². The third-order valence-corrected chi connectivity index (χ3v) is 7.05. The molecule has 2 aliphatic rings. The molecule has 1 aromatic heterocycles. The third-order valence-electron chi connectivity index (χ3n) is 7.05. The van der Waals surface area contributed by atoms with Crippen LogP contribution in [0, 0.1) is 0 Å². The van der Waals surface area contributed by atoms with Crippen LogP contribution in [0.25, 0.3) is 10.9 Å². The van der Waals surface area contributed by atoms with E-state index in [0.717, 1.165) is 48.3 Å². The number of piperidine rings is 1. The number of nitrogens with one attached hydrogen (secondary N) is 2. The Morgan fingerprint density at radius 1 is 1.03 bits per heavy atom. The minimum atomic E-state index is -0.0765. The average molecular weight is 488 g/mol. The van der Waals surface area contributed by atoms with Crippen LogP contribution in [-0.2, 0) is 0 Å². The lowest BCUT2D eigenvalue weighted by atomic mass is 10.0. The van der Waals surface area contributed by atoms with Crippen molar-refractivity contribution in [2.75, 3.05) is 18.4 Å². The molecule has 1 aliphatic heterocycles. The lowest BCUT2D eigenvalue weighted by Gasteiger charge is -2.35. The number of hydrogen-bond acceptors (Lipinski definition) is 6. The summed E-state index contributed by atoms with van der Waals surface area (Å²) in [4.78, 5) is 24.1. The van der Waals surface area contributed by atoms with Crippen molar-refractivity contribution in [3.8, 4) is 5.75 Å². The average Bonchev–Trinajstić information content (AvgIpc) is 3.69. The predicted molar refractivity (Wildman–Crippen MR) is 144 cm³/mol. The van der Waals surface area contributed by atoms with Crippen molar-refractivity contribution in [3.63, 3.8) is 0 Å². The summed E-state index contributed by atoms with van der Waals surface area (Å²) in [7, 11) is 0. The highest BCUT2D eigenvalue weighted by atomic mass is 16.5. The van der Waals surface area contributed by atoms with Gasteiger partial charge in [-0.3, -0.25) is 4.79 Å². The number of carbonyl (C=O) groups excluding carboxylic acids is 1. The van der Waals surface area contributed by atoms with Crippen molar-refractivity contribution < 1.29 is 9.53 Å². The first-order valence-corrected chi connectivity index (χ1v) is 13.2. The topological polar surface area (TPSA) is 79.4 Å². The number of amides is 1. The van der Waals surface area contributed by atoms with Gasteiger partial charge in [0.25, 0.3) is 5.91 Å². The van der Waals surface area contributed by atoms with Gasteiger partial charge in [-0.2, -0.15) is 0 Å². The first kappa shape index (κ1) is 24.5. The fourth-order valence-electron chi connectivity index (χ4n) is 4.82. The second-order valence-corrected chi connectivity index (χ2v) is 10.7. The number of nitrogens with zero attached hydrogens (tertiary/aromatic N) is 3. The van der Waals surface area contributed by atoms with E-state index in [9.17, 15) is 4.79 Å². The first-order chi connectivity index (χ1) is 17.4. The maximum absolute atomic E-state index is 12.2. The van der Waals surface area contributed by atoms with Gasteiger partial charge >= 0.3 is 0 Å². The molecule has 7 heteroatoms. The molecule has 2 N–H and O–H groups in total. The van der Waals surface area contributed by atoms with Gasteiger partial charge in [0, 0.05) is 54.1 Å². The number of rotatable bonds is 8. The Kier molecular flexibility index (Phi) is 7.10. The quantitative estimate of drug-likeness (QED) is 0.428. The van der Waals surface area contributed by atoms with Crippen molar-refractivity contribution >= 4 is 28.4 Å². The molecule has 1 amide bonds. The fraction of sp³-hybridized carbons (Fsp3) is 0.483. The van der Waals surface area contributed by atoms with Crippen molar-refractivity contribution in [3.05, 3.63) is 53.7 Å². The monoisotopic (exact) mass is 487 g/mol. The molecular formula is C29H37N5O2. The number of anilines is 2. The largest absolute Gasteiger partial charge is 0.490 e. The Labute approximate surface area is 213 Å². The zero-order chi connectivity index (χ0) is 25.2. The number of carbonyl (C=O) groups is 1. The van der Waals surface area contributed by atoms with Gasteiger partial charge in [-0.1, -0.05) is 0 Å². The number of ether oxygens (including phenoxy) is 1. The van der Waals surface area contributed by atoms with Gasteiger partial charge < -0.3 is 20.3 Å². The van der Waals surface area contributed by atoms with E-state index in [0.29, 0.717) is 23.5 Å². The molecule has 5 rings (SSSR count). The number of likely N-dealkylation sites (tertiary alicyclic amines) is 1. The molecule has 7 nitrogen and oxygen atoms in total. The molecule has 1 saturated heterocycles. The molecule has 0 spiro atoms. The van der Waals surface area contributed by atoms with Gasteiger partial charge in [0.2, 0.25) is 5.95 Å². The molecule has 36 heavy (non-hydrogen) atoms. The molecule has 2 aromatic carbocycles. The van der Waals surface area contributed by atoms with Crippen molar-refractivity contribution in [2.45, 2.75) is 77.5 Å². The van der Waals surface area contributed by atoms with Gasteiger partial charge in [0.05, 0.1) is 5.52 Å². The molecule has 1 saturated carbocycles. The Bertz CT molecular complexity index is 1210. The molecule has 0 atom stereocenters. The summed E-state index contributed by atoms with van der Waals surface area (Å²) < 4.78 is 6.60. The smallest absolute Gasteiger partial charge is 0.251 e. The van der Waals surface area contributed by atoms with Crippen LogP contribution in [0.5, 0.6) is 5.75 Å². The molecular weight excluding hydrogens is 450 g/mol. The lowest BCUT2D eigenvalue weighted by molar-refractivity contribution is 0.0837. The van der Waals surface area contributed by atoms with Crippen LogP contribution in [0.2, 0.25) is 0 Å². The highest BCUT2D eigenvalue weighted by Gasteiger charge is 2.29. The lowest BCUT2D eigenvalue weighted by Crippen LogP contribution is -2.41. The van der Waals surface area contributed by atoms with Crippen molar-refractivity contribution in [1.82, 2.24) is 20.2 Å². The van der Waals surface area contributed by atoms with Gasteiger partial charge in [-0.15, -0.1) is 0 Å². The summed E-state index contributed by atoms with van der Waals surface area (Å²) in [6.07, 6.45) is 6.69. The van der Waals surface area contributed by atoms with E-state index in [1.54, 1.807) is 12.1 Å².